The molecular formula is C22H27N3O3. The molecule has 148 valence electrons. The minimum absolute atomic E-state index is 0.202. The molecule has 0 saturated heterocycles. The number of aliphatic hydroxyl groups is 1. The number of nitrogens with zero attached hydrogens (tertiary/aromatic N) is 2. The van der Waals surface area contributed by atoms with Crippen LogP contribution in [0.15, 0.2) is 67.5 Å². The summed E-state index contributed by atoms with van der Waals surface area (Å²) in [6, 6.07) is 15.5. The first-order valence-electron chi connectivity index (χ1n) is 9.52. The van der Waals surface area contributed by atoms with Gasteiger partial charge in [0.2, 0.25) is 0 Å². The number of imidazole rings is 1. The summed E-state index contributed by atoms with van der Waals surface area (Å²) >= 11 is 0. The first kappa shape index (κ1) is 19.9. The number of hydrogen-bond donors (Lipinski definition) is 2. The van der Waals surface area contributed by atoms with Crippen LogP contribution in [0.3, 0.4) is 0 Å². The van der Waals surface area contributed by atoms with E-state index in [4.69, 9.17) is 9.47 Å². The van der Waals surface area contributed by atoms with Crippen LogP contribution in [0.25, 0.3) is 11.0 Å². The molecule has 3 rings (SSSR count). The zero-order valence-corrected chi connectivity index (χ0v) is 16.0. The van der Waals surface area contributed by atoms with Gasteiger partial charge in [0.15, 0.2) is 11.5 Å². The van der Waals surface area contributed by atoms with Gasteiger partial charge in [-0.2, -0.15) is 0 Å². The van der Waals surface area contributed by atoms with Gasteiger partial charge in [0.05, 0.1) is 17.4 Å². The fraction of sp³-hybridized carbons (Fsp3) is 0.318. The summed E-state index contributed by atoms with van der Waals surface area (Å²) in [5, 5.41) is 13.4. The van der Waals surface area contributed by atoms with Gasteiger partial charge in [-0.1, -0.05) is 36.9 Å². The second kappa shape index (κ2) is 10.5. The van der Waals surface area contributed by atoms with Crippen molar-refractivity contribution in [3.05, 3.63) is 67.5 Å². The number of nitrogens with one attached hydrogen (secondary N) is 1. The molecule has 1 unspecified atom stereocenters. The topological polar surface area (TPSA) is 68.5 Å². The van der Waals surface area contributed by atoms with Crippen molar-refractivity contribution in [3.63, 3.8) is 0 Å². The summed E-state index contributed by atoms with van der Waals surface area (Å²) in [6.07, 6.45) is 3.91. The summed E-state index contributed by atoms with van der Waals surface area (Å²) in [4.78, 5) is 4.39. The third-order valence-corrected chi connectivity index (χ3v) is 4.30. The van der Waals surface area contributed by atoms with Crippen LogP contribution in [0.5, 0.6) is 11.5 Å². The molecule has 0 amide bonds. The predicted molar refractivity (Wildman–Crippen MR) is 111 cm³/mol. The average Bonchev–Trinajstić information content (AvgIpc) is 3.14. The molecule has 0 aliphatic heterocycles. The number of ether oxygens (including phenoxy) is 2. The Balaban J connectivity index is 1.35. The monoisotopic (exact) mass is 381 g/mol. The molecule has 1 atom stereocenters. The smallest absolute Gasteiger partial charge is 0.161 e. The summed E-state index contributed by atoms with van der Waals surface area (Å²) < 4.78 is 13.4. The first-order valence-corrected chi connectivity index (χ1v) is 9.52. The molecule has 2 N–H and O–H groups in total. The summed E-state index contributed by atoms with van der Waals surface area (Å²) in [5.74, 6) is 1.27. The van der Waals surface area contributed by atoms with Crippen molar-refractivity contribution in [2.45, 2.75) is 19.1 Å². The maximum Gasteiger partial charge on any atom is 0.161 e. The van der Waals surface area contributed by atoms with Gasteiger partial charge in [0, 0.05) is 13.1 Å². The van der Waals surface area contributed by atoms with Crippen LogP contribution >= 0.6 is 0 Å². The van der Waals surface area contributed by atoms with E-state index in [-0.39, 0.29) is 6.61 Å². The quantitative estimate of drug-likeness (QED) is 0.373. The molecule has 0 saturated carbocycles. The Labute approximate surface area is 165 Å². The zero-order valence-electron chi connectivity index (χ0n) is 16.0. The Morgan fingerprint density at radius 3 is 2.68 bits per heavy atom. The Hall–Kier alpha value is -2.83. The molecule has 2 aromatic carbocycles. The third-order valence-electron chi connectivity index (χ3n) is 4.30. The standard InChI is InChI=1S/C22H27N3O3/c1-2-14-27-21-10-5-6-11-22(21)28-16-18(26)15-23-12-7-13-25-17-24-19-8-3-4-9-20(19)25/h2-6,8-11,17-18,23,26H,1,7,12-16H2. The molecule has 1 aromatic heterocycles. The molecule has 28 heavy (non-hydrogen) atoms. The van der Waals surface area contributed by atoms with Crippen molar-refractivity contribution in [2.75, 3.05) is 26.3 Å². The molecule has 0 fully saturated rings. The number of hydrogen-bond acceptors (Lipinski definition) is 5. The molecule has 1 heterocycles. The number of aromatic nitrogens is 2. The maximum absolute atomic E-state index is 10.1. The van der Waals surface area contributed by atoms with Gasteiger partial charge in [0.25, 0.3) is 0 Å². The van der Waals surface area contributed by atoms with Gasteiger partial charge in [0.1, 0.15) is 19.3 Å². The van der Waals surface area contributed by atoms with Crippen LogP contribution < -0.4 is 14.8 Å². The largest absolute Gasteiger partial charge is 0.487 e. The second-order valence-corrected chi connectivity index (χ2v) is 6.50. The fourth-order valence-corrected chi connectivity index (χ4v) is 2.91. The number of para-hydroxylation sites is 4. The number of rotatable bonds is 12. The first-order chi connectivity index (χ1) is 13.8. The lowest BCUT2D eigenvalue weighted by atomic mass is 10.3. The Morgan fingerprint density at radius 2 is 1.86 bits per heavy atom. The Morgan fingerprint density at radius 1 is 1.11 bits per heavy atom. The minimum Gasteiger partial charge on any atom is -0.487 e. The van der Waals surface area contributed by atoms with Crippen molar-refractivity contribution in [1.29, 1.82) is 0 Å². The number of fused-ring (bicyclic) bond motifs is 1. The third kappa shape index (κ3) is 5.58. The van der Waals surface area contributed by atoms with Crippen LogP contribution in [0.1, 0.15) is 6.42 Å². The molecule has 0 aliphatic carbocycles. The number of aryl methyl sites for hydroxylation is 1. The van der Waals surface area contributed by atoms with Crippen molar-refractivity contribution < 1.29 is 14.6 Å². The van der Waals surface area contributed by atoms with Gasteiger partial charge in [-0.3, -0.25) is 0 Å². The van der Waals surface area contributed by atoms with Gasteiger partial charge >= 0.3 is 0 Å². The molecular weight excluding hydrogens is 354 g/mol. The van der Waals surface area contributed by atoms with Crippen molar-refractivity contribution in [1.82, 2.24) is 14.9 Å². The van der Waals surface area contributed by atoms with E-state index in [9.17, 15) is 5.11 Å². The fourth-order valence-electron chi connectivity index (χ4n) is 2.91. The predicted octanol–water partition coefficient (Wildman–Crippen LogP) is 3.02. The van der Waals surface area contributed by atoms with Crippen LogP contribution in [0.4, 0.5) is 0 Å². The van der Waals surface area contributed by atoms with E-state index in [2.05, 4.69) is 27.5 Å². The Bertz CT molecular complexity index is 878. The highest BCUT2D eigenvalue weighted by atomic mass is 16.5. The Kier molecular flexibility index (Phi) is 7.46. The van der Waals surface area contributed by atoms with Gasteiger partial charge < -0.3 is 24.5 Å². The minimum atomic E-state index is -0.596. The lowest BCUT2D eigenvalue weighted by Gasteiger charge is -2.15. The molecule has 0 spiro atoms. The van der Waals surface area contributed by atoms with E-state index in [1.807, 2.05) is 48.8 Å². The van der Waals surface area contributed by atoms with Gasteiger partial charge in [-0.15, -0.1) is 0 Å². The van der Waals surface area contributed by atoms with Crippen molar-refractivity contribution in [2.24, 2.45) is 0 Å². The van der Waals surface area contributed by atoms with Crippen LogP contribution in [-0.2, 0) is 6.54 Å². The summed E-state index contributed by atoms with van der Waals surface area (Å²) in [5.41, 5.74) is 2.16. The van der Waals surface area contributed by atoms with Crippen LogP contribution in [-0.4, -0.2) is 47.1 Å². The van der Waals surface area contributed by atoms with Crippen LogP contribution in [0.2, 0.25) is 0 Å². The van der Waals surface area contributed by atoms with E-state index < -0.39 is 6.10 Å². The highest BCUT2D eigenvalue weighted by Gasteiger charge is 2.08. The normalized spacial score (nSPS) is 12.0. The molecule has 0 bridgehead atoms. The highest BCUT2D eigenvalue weighted by Crippen LogP contribution is 2.26. The molecule has 3 aromatic rings. The second-order valence-electron chi connectivity index (χ2n) is 6.50. The van der Waals surface area contributed by atoms with E-state index in [1.165, 1.54) is 0 Å². The maximum atomic E-state index is 10.1. The van der Waals surface area contributed by atoms with Crippen LogP contribution in [0, 0.1) is 0 Å². The average molecular weight is 381 g/mol. The van der Waals surface area contributed by atoms with Gasteiger partial charge in [-0.25, -0.2) is 4.98 Å². The molecule has 0 radical (unpaired) electrons. The number of aliphatic hydroxyl groups excluding tert-OH is 1. The van der Waals surface area contributed by atoms with E-state index >= 15 is 0 Å². The summed E-state index contributed by atoms with van der Waals surface area (Å²) in [6.45, 7) is 6.42. The molecule has 0 aliphatic rings. The SMILES string of the molecule is C=CCOc1ccccc1OCC(O)CNCCCn1cnc2ccccc21. The highest BCUT2D eigenvalue weighted by molar-refractivity contribution is 5.74. The van der Waals surface area contributed by atoms with Crippen molar-refractivity contribution in [3.8, 4) is 11.5 Å². The molecule has 6 heteroatoms. The lowest BCUT2D eigenvalue weighted by molar-refractivity contribution is 0.104. The van der Waals surface area contributed by atoms with Gasteiger partial charge in [-0.05, 0) is 37.2 Å². The van der Waals surface area contributed by atoms with Crippen molar-refractivity contribution >= 4 is 11.0 Å². The molecule has 6 nitrogen and oxygen atoms in total. The van der Waals surface area contributed by atoms with E-state index in [0.29, 0.717) is 24.7 Å². The van der Waals surface area contributed by atoms with E-state index in [1.54, 1.807) is 6.08 Å². The lowest BCUT2D eigenvalue weighted by Crippen LogP contribution is -2.32. The number of benzene rings is 2. The summed E-state index contributed by atoms with van der Waals surface area (Å²) in [7, 11) is 0. The van der Waals surface area contributed by atoms with E-state index in [0.717, 1.165) is 30.5 Å². The zero-order chi connectivity index (χ0) is 19.6.